The first kappa shape index (κ1) is 14.0. The molecule has 3 heterocycles. The first-order valence-corrected chi connectivity index (χ1v) is 7.87. The summed E-state index contributed by atoms with van der Waals surface area (Å²) in [5.41, 5.74) is 3.21. The zero-order chi connectivity index (χ0) is 15.8. The van der Waals surface area contributed by atoms with Crippen LogP contribution in [0.1, 0.15) is 23.9 Å². The quantitative estimate of drug-likeness (QED) is 0.744. The molecule has 1 fully saturated rings. The van der Waals surface area contributed by atoms with Crippen molar-refractivity contribution in [1.82, 2.24) is 19.9 Å². The third kappa shape index (κ3) is 2.60. The van der Waals surface area contributed by atoms with Gasteiger partial charge in [0.05, 0.1) is 11.7 Å². The number of aryl methyl sites for hydroxylation is 2. The number of nitrogens with zero attached hydrogens (tertiary/aromatic N) is 5. The van der Waals surface area contributed by atoms with E-state index in [2.05, 4.69) is 37.8 Å². The van der Waals surface area contributed by atoms with Crippen LogP contribution < -0.4 is 4.90 Å². The standard InChI is InChI=1S/C17H19N5O/c1-12-10-13(2)22(19-12)15-8-9-21(11-15)17-18-16(23-20-17)14-6-4-3-5-7-14/h3-7,10,15H,8-9,11H2,1-2H3. The number of rotatable bonds is 3. The second kappa shape index (κ2) is 5.53. The summed E-state index contributed by atoms with van der Waals surface area (Å²) in [6.07, 6.45) is 1.04. The largest absolute Gasteiger partial charge is 0.336 e. The lowest BCUT2D eigenvalue weighted by Crippen LogP contribution is -2.22. The van der Waals surface area contributed by atoms with Crippen molar-refractivity contribution in [2.24, 2.45) is 0 Å². The minimum atomic E-state index is 0.363. The molecular weight excluding hydrogens is 290 g/mol. The van der Waals surface area contributed by atoms with Gasteiger partial charge in [0, 0.05) is 24.3 Å². The van der Waals surface area contributed by atoms with Crippen molar-refractivity contribution in [3.05, 3.63) is 47.8 Å². The molecule has 2 aromatic heterocycles. The van der Waals surface area contributed by atoms with E-state index < -0.39 is 0 Å². The number of benzene rings is 1. The van der Waals surface area contributed by atoms with E-state index >= 15 is 0 Å². The second-order valence-corrected chi connectivity index (χ2v) is 6.03. The predicted octanol–water partition coefficient (Wildman–Crippen LogP) is 3.00. The fraction of sp³-hybridized carbons (Fsp3) is 0.353. The van der Waals surface area contributed by atoms with Gasteiger partial charge in [-0.15, -0.1) is 0 Å². The van der Waals surface area contributed by atoms with Gasteiger partial charge in [0.1, 0.15) is 0 Å². The molecule has 0 saturated carbocycles. The molecule has 6 nitrogen and oxygen atoms in total. The van der Waals surface area contributed by atoms with Crippen LogP contribution in [0.2, 0.25) is 0 Å². The molecule has 0 radical (unpaired) electrons. The third-order valence-electron chi connectivity index (χ3n) is 4.27. The van der Waals surface area contributed by atoms with Gasteiger partial charge in [0.2, 0.25) is 0 Å². The Balaban J connectivity index is 1.52. The lowest BCUT2D eigenvalue weighted by atomic mass is 10.2. The Bertz CT molecular complexity index is 808. The molecule has 1 aromatic carbocycles. The summed E-state index contributed by atoms with van der Waals surface area (Å²) in [7, 11) is 0. The maximum Gasteiger partial charge on any atom is 0.266 e. The van der Waals surface area contributed by atoms with Crippen LogP contribution in [0.3, 0.4) is 0 Å². The van der Waals surface area contributed by atoms with E-state index in [0.717, 1.165) is 30.8 Å². The maximum atomic E-state index is 5.41. The van der Waals surface area contributed by atoms with Gasteiger partial charge < -0.3 is 9.42 Å². The van der Waals surface area contributed by atoms with Gasteiger partial charge in [-0.3, -0.25) is 4.68 Å². The van der Waals surface area contributed by atoms with Gasteiger partial charge in [0.15, 0.2) is 0 Å². The summed E-state index contributed by atoms with van der Waals surface area (Å²) >= 11 is 0. The van der Waals surface area contributed by atoms with E-state index in [9.17, 15) is 0 Å². The smallest absolute Gasteiger partial charge is 0.266 e. The Morgan fingerprint density at radius 3 is 2.74 bits per heavy atom. The fourth-order valence-corrected chi connectivity index (χ4v) is 3.18. The molecule has 0 bridgehead atoms. The van der Waals surface area contributed by atoms with Gasteiger partial charge in [-0.05, 0) is 43.6 Å². The first-order valence-electron chi connectivity index (χ1n) is 7.87. The van der Waals surface area contributed by atoms with Gasteiger partial charge in [-0.2, -0.15) is 10.1 Å². The van der Waals surface area contributed by atoms with Gasteiger partial charge in [-0.25, -0.2) is 0 Å². The molecule has 0 aliphatic carbocycles. The van der Waals surface area contributed by atoms with Crippen molar-refractivity contribution in [3.8, 4) is 11.5 Å². The fourth-order valence-electron chi connectivity index (χ4n) is 3.18. The Morgan fingerprint density at radius 1 is 1.17 bits per heavy atom. The summed E-state index contributed by atoms with van der Waals surface area (Å²) in [6, 6.07) is 12.3. The number of anilines is 1. The molecule has 23 heavy (non-hydrogen) atoms. The second-order valence-electron chi connectivity index (χ2n) is 6.03. The van der Waals surface area contributed by atoms with E-state index in [-0.39, 0.29) is 0 Å². The first-order chi connectivity index (χ1) is 11.2. The van der Waals surface area contributed by atoms with Crippen LogP contribution in [-0.2, 0) is 0 Å². The molecule has 1 aliphatic heterocycles. The molecule has 4 rings (SSSR count). The Labute approximate surface area is 134 Å². The van der Waals surface area contributed by atoms with Gasteiger partial charge >= 0.3 is 0 Å². The van der Waals surface area contributed by atoms with E-state index in [1.54, 1.807) is 0 Å². The summed E-state index contributed by atoms with van der Waals surface area (Å²) in [6.45, 7) is 5.90. The van der Waals surface area contributed by atoms with E-state index in [1.807, 2.05) is 37.3 Å². The van der Waals surface area contributed by atoms with Crippen LogP contribution in [0.5, 0.6) is 0 Å². The zero-order valence-electron chi connectivity index (χ0n) is 13.3. The Morgan fingerprint density at radius 2 is 2.00 bits per heavy atom. The molecule has 3 aromatic rings. The van der Waals surface area contributed by atoms with Crippen LogP contribution in [0, 0.1) is 13.8 Å². The van der Waals surface area contributed by atoms with Crippen LogP contribution in [0.25, 0.3) is 11.5 Å². The molecule has 1 aliphatic rings. The minimum absolute atomic E-state index is 0.363. The minimum Gasteiger partial charge on any atom is -0.336 e. The van der Waals surface area contributed by atoms with Crippen LogP contribution in [-0.4, -0.2) is 33.0 Å². The highest BCUT2D eigenvalue weighted by Crippen LogP contribution is 2.27. The number of hydrogen-bond donors (Lipinski definition) is 0. The zero-order valence-corrected chi connectivity index (χ0v) is 13.3. The van der Waals surface area contributed by atoms with Crippen molar-refractivity contribution < 1.29 is 4.52 Å². The topological polar surface area (TPSA) is 60.0 Å². The molecule has 0 N–H and O–H groups in total. The van der Waals surface area contributed by atoms with E-state index in [4.69, 9.17) is 4.52 Å². The lowest BCUT2D eigenvalue weighted by molar-refractivity contribution is 0.429. The summed E-state index contributed by atoms with van der Waals surface area (Å²) in [5, 5.41) is 8.74. The molecule has 0 amide bonds. The van der Waals surface area contributed by atoms with Gasteiger partial charge in [-0.1, -0.05) is 18.2 Å². The lowest BCUT2D eigenvalue weighted by Gasteiger charge is -2.14. The molecular formula is C17H19N5O. The molecule has 1 unspecified atom stereocenters. The van der Waals surface area contributed by atoms with Crippen molar-refractivity contribution in [3.63, 3.8) is 0 Å². The Hall–Kier alpha value is -2.63. The maximum absolute atomic E-state index is 5.41. The van der Waals surface area contributed by atoms with E-state index in [0.29, 0.717) is 17.9 Å². The normalized spacial score (nSPS) is 17.8. The summed E-state index contributed by atoms with van der Waals surface area (Å²) in [5.74, 6) is 1.23. The molecule has 0 spiro atoms. The van der Waals surface area contributed by atoms with Crippen LogP contribution >= 0.6 is 0 Å². The van der Waals surface area contributed by atoms with Gasteiger partial charge in [0.25, 0.3) is 11.8 Å². The summed E-state index contributed by atoms with van der Waals surface area (Å²) in [4.78, 5) is 6.70. The highest BCUT2D eigenvalue weighted by molar-refractivity contribution is 5.54. The SMILES string of the molecule is Cc1cc(C)n(C2CCN(c3noc(-c4ccccc4)n3)C2)n1. The monoisotopic (exact) mass is 309 g/mol. The van der Waals surface area contributed by atoms with Crippen molar-refractivity contribution in [2.45, 2.75) is 26.3 Å². The Kier molecular flexibility index (Phi) is 3.37. The van der Waals surface area contributed by atoms with Crippen molar-refractivity contribution in [2.75, 3.05) is 18.0 Å². The third-order valence-corrected chi connectivity index (χ3v) is 4.27. The molecule has 1 atom stereocenters. The van der Waals surface area contributed by atoms with Crippen molar-refractivity contribution >= 4 is 5.95 Å². The molecule has 6 heteroatoms. The van der Waals surface area contributed by atoms with E-state index in [1.165, 1.54) is 5.69 Å². The molecule has 1 saturated heterocycles. The van der Waals surface area contributed by atoms with Crippen molar-refractivity contribution in [1.29, 1.82) is 0 Å². The molecule has 118 valence electrons. The highest BCUT2D eigenvalue weighted by atomic mass is 16.5. The summed E-state index contributed by atoms with van der Waals surface area (Å²) < 4.78 is 7.53. The number of aromatic nitrogens is 4. The average molecular weight is 309 g/mol. The highest BCUT2D eigenvalue weighted by Gasteiger charge is 2.28. The van der Waals surface area contributed by atoms with Crippen LogP contribution in [0.15, 0.2) is 40.9 Å². The van der Waals surface area contributed by atoms with Crippen LogP contribution in [0.4, 0.5) is 5.95 Å². The average Bonchev–Trinajstić information content (AvgIpc) is 3.27. The predicted molar refractivity (Wildman–Crippen MR) is 87.3 cm³/mol. The number of hydrogen-bond acceptors (Lipinski definition) is 5.